The first kappa shape index (κ1) is 13.0. The molecule has 0 spiro atoms. The molecule has 0 amide bonds. The summed E-state index contributed by atoms with van der Waals surface area (Å²) in [5, 5.41) is 8.32. The standard InChI is InChI=1S/C13H18Cl2N2/c1-9-3-2-4-12(17-9)8-16-13-6-10(14)5-11(15)7-13/h5-7,9,12,16-17H,2-4,8H2,1H3. The van der Waals surface area contributed by atoms with Gasteiger partial charge in [-0.2, -0.15) is 0 Å². The molecule has 94 valence electrons. The molecule has 2 nitrogen and oxygen atoms in total. The largest absolute Gasteiger partial charge is 0.383 e. The van der Waals surface area contributed by atoms with Crippen LogP contribution in [0.3, 0.4) is 0 Å². The SMILES string of the molecule is CC1CCCC(CNc2cc(Cl)cc(Cl)c2)N1. The fourth-order valence-corrected chi connectivity index (χ4v) is 2.82. The first-order chi connectivity index (χ1) is 8.13. The minimum atomic E-state index is 0.538. The first-order valence-electron chi connectivity index (χ1n) is 6.09. The van der Waals surface area contributed by atoms with Crippen LogP contribution in [0.5, 0.6) is 0 Å². The van der Waals surface area contributed by atoms with Crippen LogP contribution in [0.25, 0.3) is 0 Å². The van der Waals surface area contributed by atoms with Crippen molar-refractivity contribution in [3.05, 3.63) is 28.2 Å². The summed E-state index contributed by atoms with van der Waals surface area (Å²) in [5.41, 5.74) is 0.988. The number of benzene rings is 1. The molecular formula is C13H18Cl2N2. The lowest BCUT2D eigenvalue weighted by Gasteiger charge is -2.29. The van der Waals surface area contributed by atoms with Gasteiger partial charge in [-0.3, -0.25) is 0 Å². The molecule has 0 aromatic heterocycles. The first-order valence-corrected chi connectivity index (χ1v) is 6.85. The van der Waals surface area contributed by atoms with Gasteiger partial charge in [-0.1, -0.05) is 29.6 Å². The Bertz CT molecular complexity index is 361. The van der Waals surface area contributed by atoms with Crippen LogP contribution in [-0.2, 0) is 0 Å². The number of rotatable bonds is 3. The van der Waals surface area contributed by atoms with Crippen molar-refractivity contribution in [1.29, 1.82) is 0 Å². The molecule has 2 unspecified atom stereocenters. The fraction of sp³-hybridized carbons (Fsp3) is 0.538. The average molecular weight is 273 g/mol. The molecule has 1 saturated heterocycles. The van der Waals surface area contributed by atoms with Gasteiger partial charge in [-0.15, -0.1) is 0 Å². The second kappa shape index (κ2) is 5.94. The number of piperidine rings is 1. The second-order valence-electron chi connectivity index (χ2n) is 4.73. The predicted octanol–water partition coefficient (Wildman–Crippen LogP) is 3.94. The van der Waals surface area contributed by atoms with Crippen LogP contribution in [0, 0.1) is 0 Å². The van der Waals surface area contributed by atoms with E-state index in [0.29, 0.717) is 22.1 Å². The zero-order valence-electron chi connectivity index (χ0n) is 9.97. The summed E-state index contributed by atoms with van der Waals surface area (Å²) in [7, 11) is 0. The highest BCUT2D eigenvalue weighted by Gasteiger charge is 2.17. The molecule has 2 atom stereocenters. The third kappa shape index (κ3) is 4.06. The molecule has 1 aromatic rings. The molecule has 2 rings (SSSR count). The van der Waals surface area contributed by atoms with E-state index in [-0.39, 0.29) is 0 Å². The van der Waals surface area contributed by atoms with E-state index >= 15 is 0 Å². The van der Waals surface area contributed by atoms with Gasteiger partial charge in [0.2, 0.25) is 0 Å². The Balaban J connectivity index is 1.88. The third-order valence-electron chi connectivity index (χ3n) is 3.13. The number of hydrogen-bond donors (Lipinski definition) is 2. The minimum absolute atomic E-state index is 0.538. The minimum Gasteiger partial charge on any atom is -0.383 e. The molecule has 0 aliphatic carbocycles. The van der Waals surface area contributed by atoms with Crippen molar-refractivity contribution in [1.82, 2.24) is 5.32 Å². The molecular weight excluding hydrogens is 255 g/mol. The van der Waals surface area contributed by atoms with E-state index in [1.807, 2.05) is 12.1 Å². The van der Waals surface area contributed by atoms with Gasteiger partial charge < -0.3 is 10.6 Å². The number of nitrogens with one attached hydrogen (secondary N) is 2. The quantitative estimate of drug-likeness (QED) is 0.871. The summed E-state index contributed by atoms with van der Waals surface area (Å²) < 4.78 is 0. The molecule has 1 aliphatic rings. The summed E-state index contributed by atoms with van der Waals surface area (Å²) in [6.07, 6.45) is 3.81. The molecule has 1 aliphatic heterocycles. The van der Waals surface area contributed by atoms with Crippen molar-refractivity contribution in [2.24, 2.45) is 0 Å². The molecule has 0 saturated carbocycles. The van der Waals surface area contributed by atoms with Crippen LogP contribution >= 0.6 is 23.2 Å². The van der Waals surface area contributed by atoms with Crippen molar-refractivity contribution < 1.29 is 0 Å². The van der Waals surface area contributed by atoms with Gasteiger partial charge in [0, 0.05) is 34.4 Å². The van der Waals surface area contributed by atoms with Crippen LogP contribution in [0.1, 0.15) is 26.2 Å². The van der Waals surface area contributed by atoms with E-state index in [2.05, 4.69) is 17.6 Å². The highest BCUT2D eigenvalue weighted by atomic mass is 35.5. The lowest BCUT2D eigenvalue weighted by Crippen LogP contribution is -2.44. The Morgan fingerprint density at radius 2 is 1.94 bits per heavy atom. The zero-order chi connectivity index (χ0) is 12.3. The van der Waals surface area contributed by atoms with Crippen LogP contribution in [0.4, 0.5) is 5.69 Å². The van der Waals surface area contributed by atoms with Crippen molar-refractivity contribution >= 4 is 28.9 Å². The number of hydrogen-bond acceptors (Lipinski definition) is 2. The number of anilines is 1. The highest BCUT2D eigenvalue weighted by molar-refractivity contribution is 6.35. The van der Waals surface area contributed by atoms with Crippen LogP contribution < -0.4 is 10.6 Å². The van der Waals surface area contributed by atoms with E-state index in [9.17, 15) is 0 Å². The smallest absolute Gasteiger partial charge is 0.0441 e. The molecule has 1 heterocycles. The molecule has 0 radical (unpaired) electrons. The number of halogens is 2. The lowest BCUT2D eigenvalue weighted by atomic mass is 9.99. The van der Waals surface area contributed by atoms with E-state index < -0.39 is 0 Å². The third-order valence-corrected chi connectivity index (χ3v) is 3.56. The van der Waals surface area contributed by atoms with Gasteiger partial charge >= 0.3 is 0 Å². The monoisotopic (exact) mass is 272 g/mol. The van der Waals surface area contributed by atoms with Gasteiger partial charge in [0.1, 0.15) is 0 Å². The van der Waals surface area contributed by atoms with Crippen molar-refractivity contribution in [2.75, 3.05) is 11.9 Å². The van der Waals surface area contributed by atoms with Crippen molar-refractivity contribution in [3.8, 4) is 0 Å². The van der Waals surface area contributed by atoms with Crippen molar-refractivity contribution in [2.45, 2.75) is 38.3 Å². The average Bonchev–Trinajstić information content (AvgIpc) is 2.25. The summed E-state index contributed by atoms with van der Waals surface area (Å²) in [4.78, 5) is 0. The maximum Gasteiger partial charge on any atom is 0.0441 e. The van der Waals surface area contributed by atoms with Gasteiger partial charge in [0.25, 0.3) is 0 Å². The van der Waals surface area contributed by atoms with Crippen molar-refractivity contribution in [3.63, 3.8) is 0 Å². The highest BCUT2D eigenvalue weighted by Crippen LogP contribution is 2.22. The fourth-order valence-electron chi connectivity index (χ4n) is 2.30. The molecule has 2 N–H and O–H groups in total. The Kier molecular flexibility index (Phi) is 4.55. The van der Waals surface area contributed by atoms with Gasteiger partial charge in [0.05, 0.1) is 0 Å². The lowest BCUT2D eigenvalue weighted by molar-refractivity contribution is 0.345. The summed E-state index contributed by atoms with van der Waals surface area (Å²) in [6.45, 7) is 3.16. The van der Waals surface area contributed by atoms with E-state index in [0.717, 1.165) is 12.2 Å². The maximum absolute atomic E-state index is 5.95. The van der Waals surface area contributed by atoms with E-state index in [1.54, 1.807) is 6.07 Å². The Morgan fingerprint density at radius 1 is 1.24 bits per heavy atom. The van der Waals surface area contributed by atoms with Crippen LogP contribution in [-0.4, -0.2) is 18.6 Å². The Hall–Kier alpha value is -0.440. The van der Waals surface area contributed by atoms with Crippen LogP contribution in [0.15, 0.2) is 18.2 Å². The van der Waals surface area contributed by atoms with E-state index in [1.165, 1.54) is 19.3 Å². The molecule has 17 heavy (non-hydrogen) atoms. The van der Waals surface area contributed by atoms with Gasteiger partial charge in [0.15, 0.2) is 0 Å². The Morgan fingerprint density at radius 3 is 2.59 bits per heavy atom. The summed E-state index contributed by atoms with van der Waals surface area (Å²) in [5.74, 6) is 0. The van der Waals surface area contributed by atoms with Gasteiger partial charge in [-0.05, 0) is 38.0 Å². The normalized spacial score (nSPS) is 24.6. The van der Waals surface area contributed by atoms with E-state index in [4.69, 9.17) is 23.2 Å². The molecule has 4 heteroatoms. The molecule has 0 bridgehead atoms. The summed E-state index contributed by atoms with van der Waals surface area (Å²) >= 11 is 11.9. The van der Waals surface area contributed by atoms with Crippen LogP contribution in [0.2, 0.25) is 10.0 Å². The topological polar surface area (TPSA) is 24.1 Å². The second-order valence-corrected chi connectivity index (χ2v) is 5.61. The molecule has 1 fully saturated rings. The predicted molar refractivity (Wildman–Crippen MR) is 75.2 cm³/mol. The molecule has 1 aromatic carbocycles. The Labute approximate surface area is 113 Å². The maximum atomic E-state index is 5.95. The zero-order valence-corrected chi connectivity index (χ0v) is 11.5. The van der Waals surface area contributed by atoms with Gasteiger partial charge in [-0.25, -0.2) is 0 Å². The summed E-state index contributed by atoms with van der Waals surface area (Å²) in [6, 6.07) is 6.71.